The van der Waals surface area contributed by atoms with Gasteiger partial charge in [-0.3, -0.25) is 0 Å². The second-order valence-electron chi connectivity index (χ2n) is 6.15. The zero-order valence-corrected chi connectivity index (χ0v) is 12.2. The van der Waals surface area contributed by atoms with Gasteiger partial charge in [-0.15, -0.1) is 0 Å². The Hall–Kier alpha value is -0.860. The Morgan fingerprint density at radius 3 is 2.37 bits per heavy atom. The molecule has 2 rings (SSSR count). The number of nitrogens with one attached hydrogen (secondary N) is 1. The highest BCUT2D eigenvalue weighted by atomic mass is 16.3. The lowest BCUT2D eigenvalue weighted by molar-refractivity contribution is 0.0514. The fourth-order valence-corrected chi connectivity index (χ4v) is 3.02. The SMILES string of the molecule is CCC1CCC(NCC(C)(O)c2ccccc2)CC1. The summed E-state index contributed by atoms with van der Waals surface area (Å²) < 4.78 is 0. The van der Waals surface area contributed by atoms with E-state index in [9.17, 15) is 5.11 Å². The maximum absolute atomic E-state index is 10.6. The zero-order valence-electron chi connectivity index (χ0n) is 12.2. The molecule has 106 valence electrons. The lowest BCUT2D eigenvalue weighted by Gasteiger charge is -2.32. The van der Waals surface area contributed by atoms with E-state index < -0.39 is 5.60 Å². The number of rotatable bonds is 5. The second kappa shape index (κ2) is 6.53. The summed E-state index contributed by atoms with van der Waals surface area (Å²) in [6.45, 7) is 4.82. The minimum Gasteiger partial charge on any atom is -0.384 e. The van der Waals surface area contributed by atoms with Gasteiger partial charge in [0.15, 0.2) is 0 Å². The van der Waals surface area contributed by atoms with Gasteiger partial charge in [0.1, 0.15) is 0 Å². The molecule has 0 saturated heterocycles. The minimum absolute atomic E-state index is 0.581. The van der Waals surface area contributed by atoms with E-state index >= 15 is 0 Å². The van der Waals surface area contributed by atoms with Crippen LogP contribution >= 0.6 is 0 Å². The summed E-state index contributed by atoms with van der Waals surface area (Å²) in [7, 11) is 0. The maximum atomic E-state index is 10.6. The van der Waals surface area contributed by atoms with E-state index in [0.717, 1.165) is 11.5 Å². The lowest BCUT2D eigenvalue weighted by atomic mass is 9.84. The molecule has 1 atom stereocenters. The molecule has 1 unspecified atom stereocenters. The Morgan fingerprint density at radius 2 is 1.79 bits per heavy atom. The zero-order chi connectivity index (χ0) is 13.7. The van der Waals surface area contributed by atoms with Gasteiger partial charge in [-0.2, -0.15) is 0 Å². The molecule has 1 aliphatic carbocycles. The van der Waals surface area contributed by atoms with Crippen LogP contribution in [-0.4, -0.2) is 17.7 Å². The molecule has 0 bridgehead atoms. The summed E-state index contributed by atoms with van der Waals surface area (Å²) in [4.78, 5) is 0. The molecule has 0 radical (unpaired) electrons. The average molecular weight is 261 g/mol. The quantitative estimate of drug-likeness (QED) is 0.851. The minimum atomic E-state index is -0.775. The summed E-state index contributed by atoms with van der Waals surface area (Å²) in [5.74, 6) is 0.924. The third-order valence-corrected chi connectivity index (χ3v) is 4.55. The van der Waals surface area contributed by atoms with Gasteiger partial charge in [0, 0.05) is 12.6 Å². The number of hydrogen-bond donors (Lipinski definition) is 2. The van der Waals surface area contributed by atoms with Crippen molar-refractivity contribution in [1.82, 2.24) is 5.32 Å². The van der Waals surface area contributed by atoms with Gasteiger partial charge in [0.2, 0.25) is 0 Å². The third-order valence-electron chi connectivity index (χ3n) is 4.55. The highest BCUT2D eigenvalue weighted by molar-refractivity contribution is 5.21. The summed E-state index contributed by atoms with van der Waals surface area (Å²) in [6, 6.07) is 10.5. The van der Waals surface area contributed by atoms with Crippen LogP contribution in [0.3, 0.4) is 0 Å². The van der Waals surface area contributed by atoms with Crippen molar-refractivity contribution in [2.75, 3.05) is 6.54 Å². The molecule has 0 amide bonds. The highest BCUT2D eigenvalue weighted by Crippen LogP contribution is 2.27. The van der Waals surface area contributed by atoms with Crippen molar-refractivity contribution in [2.24, 2.45) is 5.92 Å². The van der Waals surface area contributed by atoms with Crippen LogP contribution in [0.25, 0.3) is 0 Å². The molecular formula is C17H27NO. The van der Waals surface area contributed by atoms with Crippen molar-refractivity contribution >= 4 is 0 Å². The third kappa shape index (κ3) is 4.05. The van der Waals surface area contributed by atoms with Crippen molar-refractivity contribution in [3.63, 3.8) is 0 Å². The molecule has 0 heterocycles. The topological polar surface area (TPSA) is 32.3 Å². The Bertz CT molecular complexity index is 366. The van der Waals surface area contributed by atoms with Crippen molar-refractivity contribution in [3.05, 3.63) is 35.9 Å². The normalized spacial score (nSPS) is 26.9. The predicted molar refractivity (Wildman–Crippen MR) is 80.1 cm³/mol. The van der Waals surface area contributed by atoms with E-state index in [1.54, 1.807) is 0 Å². The summed E-state index contributed by atoms with van der Waals surface area (Å²) in [5.41, 5.74) is 0.216. The van der Waals surface area contributed by atoms with Crippen LogP contribution in [0.15, 0.2) is 30.3 Å². The Kier molecular flexibility index (Phi) is 5.00. The van der Waals surface area contributed by atoms with Crippen LogP contribution in [0.2, 0.25) is 0 Å². The Morgan fingerprint density at radius 1 is 1.16 bits per heavy atom. The van der Waals surface area contributed by atoms with Crippen LogP contribution in [0.1, 0.15) is 51.5 Å². The molecular weight excluding hydrogens is 234 g/mol. The van der Waals surface area contributed by atoms with Gasteiger partial charge < -0.3 is 10.4 Å². The molecule has 1 saturated carbocycles. The summed E-state index contributed by atoms with van der Waals surface area (Å²) >= 11 is 0. The summed E-state index contributed by atoms with van der Waals surface area (Å²) in [5, 5.41) is 14.1. The first-order valence-corrected chi connectivity index (χ1v) is 7.63. The lowest BCUT2D eigenvalue weighted by Crippen LogP contribution is -2.42. The van der Waals surface area contributed by atoms with Crippen LogP contribution in [0.5, 0.6) is 0 Å². The second-order valence-corrected chi connectivity index (χ2v) is 6.15. The van der Waals surface area contributed by atoms with Gasteiger partial charge in [-0.1, -0.05) is 43.7 Å². The molecule has 0 aliphatic heterocycles. The predicted octanol–water partition coefficient (Wildman–Crippen LogP) is 3.45. The molecule has 1 aromatic rings. The van der Waals surface area contributed by atoms with E-state index in [1.165, 1.54) is 32.1 Å². The van der Waals surface area contributed by atoms with Crippen molar-refractivity contribution in [2.45, 2.75) is 57.6 Å². The Labute approximate surface area is 117 Å². The molecule has 1 aromatic carbocycles. The first-order valence-electron chi connectivity index (χ1n) is 7.63. The van der Waals surface area contributed by atoms with E-state index in [4.69, 9.17) is 0 Å². The van der Waals surface area contributed by atoms with E-state index in [2.05, 4.69) is 12.2 Å². The van der Waals surface area contributed by atoms with Crippen LogP contribution in [0, 0.1) is 5.92 Å². The van der Waals surface area contributed by atoms with Crippen molar-refractivity contribution in [3.8, 4) is 0 Å². The smallest absolute Gasteiger partial charge is 0.0992 e. The van der Waals surface area contributed by atoms with Gasteiger partial charge in [-0.05, 0) is 44.1 Å². The number of aliphatic hydroxyl groups is 1. The van der Waals surface area contributed by atoms with E-state index in [1.807, 2.05) is 37.3 Å². The van der Waals surface area contributed by atoms with Crippen LogP contribution in [-0.2, 0) is 5.60 Å². The first-order chi connectivity index (χ1) is 9.12. The van der Waals surface area contributed by atoms with Crippen molar-refractivity contribution in [1.29, 1.82) is 0 Å². The number of benzene rings is 1. The standard InChI is InChI=1S/C17H27NO/c1-3-14-9-11-16(12-10-14)18-13-17(2,19)15-7-5-4-6-8-15/h4-8,14,16,18-19H,3,9-13H2,1-2H3. The Balaban J connectivity index is 1.82. The molecule has 0 aromatic heterocycles. The first kappa shape index (κ1) is 14.5. The average Bonchev–Trinajstić information content (AvgIpc) is 2.47. The van der Waals surface area contributed by atoms with Gasteiger partial charge in [0.25, 0.3) is 0 Å². The van der Waals surface area contributed by atoms with Crippen molar-refractivity contribution < 1.29 is 5.11 Å². The monoisotopic (exact) mass is 261 g/mol. The van der Waals surface area contributed by atoms with Gasteiger partial charge in [0.05, 0.1) is 5.60 Å². The van der Waals surface area contributed by atoms with Crippen LogP contribution < -0.4 is 5.32 Å². The molecule has 0 spiro atoms. The molecule has 19 heavy (non-hydrogen) atoms. The van der Waals surface area contributed by atoms with E-state index in [-0.39, 0.29) is 0 Å². The molecule has 2 nitrogen and oxygen atoms in total. The van der Waals surface area contributed by atoms with Crippen LogP contribution in [0.4, 0.5) is 0 Å². The van der Waals surface area contributed by atoms with Gasteiger partial charge in [-0.25, -0.2) is 0 Å². The molecule has 1 aliphatic rings. The number of hydrogen-bond acceptors (Lipinski definition) is 2. The highest BCUT2D eigenvalue weighted by Gasteiger charge is 2.25. The fourth-order valence-electron chi connectivity index (χ4n) is 3.02. The van der Waals surface area contributed by atoms with E-state index in [0.29, 0.717) is 12.6 Å². The fraction of sp³-hybridized carbons (Fsp3) is 0.647. The molecule has 2 heteroatoms. The maximum Gasteiger partial charge on any atom is 0.0992 e. The molecule has 2 N–H and O–H groups in total. The largest absolute Gasteiger partial charge is 0.384 e. The van der Waals surface area contributed by atoms with Gasteiger partial charge >= 0.3 is 0 Å². The molecule has 1 fully saturated rings. The summed E-state index contributed by atoms with van der Waals surface area (Å²) in [6.07, 6.45) is 6.49.